The molecule has 0 aromatic carbocycles. The van der Waals surface area contributed by atoms with Crippen molar-refractivity contribution in [2.45, 2.75) is 98.0 Å². The first-order valence-electron chi connectivity index (χ1n) is 13.3. The van der Waals surface area contributed by atoms with Gasteiger partial charge in [-0.25, -0.2) is 14.8 Å². The van der Waals surface area contributed by atoms with Gasteiger partial charge in [0.15, 0.2) is 0 Å². The van der Waals surface area contributed by atoms with E-state index in [9.17, 15) is 9.59 Å². The number of piperidine rings is 1. The largest absolute Gasteiger partial charge is 0.498 e. The Bertz CT molecular complexity index is 932. The molecule has 0 spiro atoms. The summed E-state index contributed by atoms with van der Waals surface area (Å²) in [6.45, 7) is 19.4. The van der Waals surface area contributed by atoms with Crippen LogP contribution in [0, 0.1) is 11.8 Å². The zero-order valence-electron chi connectivity index (χ0n) is 23.9. The molecule has 0 unspecified atom stereocenters. The Morgan fingerprint density at radius 3 is 2.30 bits per heavy atom. The molecule has 2 N–H and O–H groups in total. The quantitative estimate of drug-likeness (QED) is 0.531. The number of hydrogen-bond donors (Lipinski definition) is 2. The Kier molecular flexibility index (Phi) is 8.79. The van der Waals surface area contributed by atoms with Gasteiger partial charge in [0.2, 0.25) is 11.9 Å². The maximum Gasteiger partial charge on any atom is 0.498 e. The molecule has 0 aliphatic carbocycles. The predicted octanol–water partition coefficient (Wildman–Crippen LogP) is 2.66. The Morgan fingerprint density at radius 1 is 1.16 bits per heavy atom. The maximum atomic E-state index is 12.9. The molecule has 2 fully saturated rings. The highest BCUT2D eigenvalue weighted by molar-refractivity contribution is 6.61. The number of rotatable bonds is 7. The number of amides is 2. The molecule has 10 nitrogen and oxygen atoms in total. The van der Waals surface area contributed by atoms with Crippen molar-refractivity contribution < 1.29 is 23.6 Å². The highest BCUT2D eigenvalue weighted by Gasteiger charge is 2.52. The molecular weight excluding hydrogens is 473 g/mol. The molecule has 2 saturated heterocycles. The molecule has 0 bridgehead atoms. The van der Waals surface area contributed by atoms with E-state index in [0.717, 1.165) is 31.4 Å². The van der Waals surface area contributed by atoms with E-state index in [1.165, 1.54) is 0 Å². The van der Waals surface area contributed by atoms with Crippen LogP contribution < -0.4 is 21.0 Å². The van der Waals surface area contributed by atoms with Crippen molar-refractivity contribution in [3.63, 3.8) is 0 Å². The third kappa shape index (κ3) is 7.57. The molecule has 206 valence electrons. The lowest BCUT2D eigenvalue weighted by molar-refractivity contribution is -0.124. The summed E-state index contributed by atoms with van der Waals surface area (Å²) < 4.78 is 17.5. The molecule has 3 rings (SSSR count). The predicted molar refractivity (Wildman–Crippen MR) is 144 cm³/mol. The Labute approximate surface area is 221 Å². The maximum absolute atomic E-state index is 12.9. The third-order valence-corrected chi connectivity index (χ3v) is 7.17. The SMILES string of the molecule is CC(C)[C@H](NC(=O)OC(C)(C)C)C(=O)NC[C@H]1CCCN(c2ncc(B3OC(C)(C)C(C)(C)O3)cn2)C1. The first-order chi connectivity index (χ1) is 17.1. The number of aromatic nitrogens is 2. The lowest BCUT2D eigenvalue weighted by atomic mass is 9.81. The van der Waals surface area contributed by atoms with Gasteiger partial charge in [-0.3, -0.25) is 4.79 Å². The summed E-state index contributed by atoms with van der Waals surface area (Å²) in [5, 5.41) is 5.74. The topological polar surface area (TPSA) is 115 Å². The van der Waals surface area contributed by atoms with Gasteiger partial charge in [0.05, 0.1) is 11.2 Å². The van der Waals surface area contributed by atoms with Gasteiger partial charge in [-0.1, -0.05) is 13.8 Å². The van der Waals surface area contributed by atoms with E-state index < -0.39 is 36.1 Å². The molecule has 1 aromatic rings. The molecule has 2 amide bonds. The van der Waals surface area contributed by atoms with Crippen molar-refractivity contribution in [3.8, 4) is 0 Å². The third-order valence-electron chi connectivity index (χ3n) is 7.17. The molecule has 2 aliphatic heterocycles. The van der Waals surface area contributed by atoms with Crippen LogP contribution in [0.1, 0.15) is 75.2 Å². The number of nitrogens with one attached hydrogen (secondary N) is 2. The van der Waals surface area contributed by atoms with Gasteiger partial charge in [0.1, 0.15) is 11.6 Å². The summed E-state index contributed by atoms with van der Waals surface area (Å²) in [6.07, 6.45) is 4.92. The molecule has 2 aliphatic rings. The molecule has 37 heavy (non-hydrogen) atoms. The number of carbonyl (C=O) groups excluding carboxylic acids is 2. The standard InChI is InChI=1S/C26H44BN5O5/c1-17(2)20(31-23(34)35-24(3,4)5)21(33)28-13-18-11-10-12-32(16-18)22-29-14-19(15-30-22)27-36-25(6,7)26(8,9)37-27/h14-15,17-18,20H,10-13,16H2,1-9H3,(H,28,33)(H,31,34)/t18-,20+/m1/s1. The summed E-state index contributed by atoms with van der Waals surface area (Å²) >= 11 is 0. The van der Waals surface area contributed by atoms with Crippen LogP contribution in [-0.4, -0.2) is 71.6 Å². The number of carbonyl (C=O) groups is 2. The Morgan fingerprint density at radius 2 is 1.76 bits per heavy atom. The van der Waals surface area contributed by atoms with Crippen molar-refractivity contribution in [2.75, 3.05) is 24.5 Å². The van der Waals surface area contributed by atoms with Gasteiger partial charge in [0, 0.05) is 37.5 Å². The lowest BCUT2D eigenvalue weighted by Gasteiger charge is -2.33. The fourth-order valence-electron chi connectivity index (χ4n) is 4.33. The van der Waals surface area contributed by atoms with Crippen molar-refractivity contribution in [2.24, 2.45) is 11.8 Å². The average molecular weight is 517 g/mol. The second-order valence-corrected chi connectivity index (χ2v) is 12.5. The van der Waals surface area contributed by atoms with Crippen LogP contribution in [0.2, 0.25) is 0 Å². The van der Waals surface area contributed by atoms with Crippen LogP contribution in [0.25, 0.3) is 0 Å². The van der Waals surface area contributed by atoms with Crippen LogP contribution in [0.15, 0.2) is 12.4 Å². The minimum absolute atomic E-state index is 0.0775. The summed E-state index contributed by atoms with van der Waals surface area (Å²) in [5.74, 6) is 0.619. The molecule has 11 heteroatoms. The summed E-state index contributed by atoms with van der Waals surface area (Å²) in [5.41, 5.74) is -0.672. The monoisotopic (exact) mass is 517 g/mol. The van der Waals surface area contributed by atoms with Crippen molar-refractivity contribution in [3.05, 3.63) is 12.4 Å². The average Bonchev–Trinajstić information content (AvgIpc) is 3.01. The summed E-state index contributed by atoms with van der Waals surface area (Å²) in [4.78, 5) is 36.4. The Balaban J connectivity index is 1.54. The van der Waals surface area contributed by atoms with Crippen LogP contribution in [0.5, 0.6) is 0 Å². The second-order valence-electron chi connectivity index (χ2n) is 12.5. The van der Waals surface area contributed by atoms with Crippen molar-refractivity contribution in [1.82, 2.24) is 20.6 Å². The van der Waals surface area contributed by atoms with Gasteiger partial charge in [-0.05, 0) is 73.1 Å². The van der Waals surface area contributed by atoms with E-state index in [2.05, 4.69) is 25.5 Å². The van der Waals surface area contributed by atoms with Crippen LogP contribution in [-0.2, 0) is 18.8 Å². The first kappa shape index (κ1) is 29.2. The van der Waals surface area contributed by atoms with Crippen molar-refractivity contribution >= 4 is 30.5 Å². The van der Waals surface area contributed by atoms with Gasteiger partial charge < -0.3 is 29.6 Å². The van der Waals surface area contributed by atoms with E-state index in [0.29, 0.717) is 12.5 Å². The molecule has 1 aromatic heterocycles. The minimum Gasteiger partial charge on any atom is -0.444 e. The Hall–Kier alpha value is -2.40. The van der Waals surface area contributed by atoms with Crippen LogP contribution >= 0.6 is 0 Å². The number of hydrogen-bond acceptors (Lipinski definition) is 8. The van der Waals surface area contributed by atoms with E-state index in [1.807, 2.05) is 41.5 Å². The molecular formula is C26H44BN5O5. The summed E-state index contributed by atoms with van der Waals surface area (Å²) in [6, 6.07) is -0.666. The highest BCUT2D eigenvalue weighted by atomic mass is 16.7. The van der Waals surface area contributed by atoms with E-state index in [-0.39, 0.29) is 17.7 Å². The summed E-state index contributed by atoms with van der Waals surface area (Å²) in [7, 11) is -0.494. The van der Waals surface area contributed by atoms with Gasteiger partial charge >= 0.3 is 13.2 Å². The fourth-order valence-corrected chi connectivity index (χ4v) is 4.33. The minimum atomic E-state index is -0.666. The smallest absolute Gasteiger partial charge is 0.444 e. The van der Waals surface area contributed by atoms with E-state index in [4.69, 9.17) is 14.0 Å². The second kappa shape index (κ2) is 11.1. The number of ether oxygens (including phenoxy) is 1. The lowest BCUT2D eigenvalue weighted by Crippen LogP contribution is -2.52. The zero-order valence-corrected chi connectivity index (χ0v) is 23.9. The zero-order chi connectivity index (χ0) is 27.6. The van der Waals surface area contributed by atoms with Gasteiger partial charge in [-0.2, -0.15) is 0 Å². The van der Waals surface area contributed by atoms with Gasteiger partial charge in [-0.15, -0.1) is 0 Å². The van der Waals surface area contributed by atoms with Crippen molar-refractivity contribution in [1.29, 1.82) is 0 Å². The number of alkyl carbamates (subject to hydrolysis) is 1. The molecule has 3 heterocycles. The van der Waals surface area contributed by atoms with E-state index >= 15 is 0 Å². The van der Waals surface area contributed by atoms with Crippen LogP contribution in [0.3, 0.4) is 0 Å². The number of nitrogens with zero attached hydrogens (tertiary/aromatic N) is 3. The van der Waals surface area contributed by atoms with Crippen LogP contribution in [0.4, 0.5) is 10.7 Å². The first-order valence-corrected chi connectivity index (χ1v) is 13.3. The van der Waals surface area contributed by atoms with Gasteiger partial charge in [0.25, 0.3) is 0 Å². The normalized spacial score (nSPS) is 22.1. The fraction of sp³-hybridized carbons (Fsp3) is 0.769. The molecule has 0 radical (unpaired) electrons. The number of anilines is 1. The van der Waals surface area contributed by atoms with E-state index in [1.54, 1.807) is 33.2 Å². The molecule has 0 saturated carbocycles. The molecule has 2 atom stereocenters. The highest BCUT2D eigenvalue weighted by Crippen LogP contribution is 2.36.